The molecule has 8 heteroatoms. The summed E-state index contributed by atoms with van der Waals surface area (Å²) < 4.78 is 9.13. The second-order valence-corrected chi connectivity index (χ2v) is 8.54. The highest BCUT2D eigenvalue weighted by Crippen LogP contribution is 2.25. The first-order valence-corrected chi connectivity index (χ1v) is 11.5. The lowest BCUT2D eigenvalue weighted by molar-refractivity contribution is 0.0641. The average molecular weight is 436 g/mol. The Morgan fingerprint density at radius 1 is 1.12 bits per heavy atom. The Morgan fingerprint density at radius 2 is 1.91 bits per heavy atom. The molecule has 1 atom stereocenters. The van der Waals surface area contributed by atoms with Gasteiger partial charge >= 0.3 is 0 Å². The van der Waals surface area contributed by atoms with Crippen molar-refractivity contribution in [3.63, 3.8) is 0 Å². The summed E-state index contributed by atoms with van der Waals surface area (Å²) in [7, 11) is 0. The fourth-order valence-corrected chi connectivity index (χ4v) is 4.63. The van der Waals surface area contributed by atoms with Crippen molar-refractivity contribution in [1.82, 2.24) is 24.1 Å². The molecule has 2 saturated heterocycles. The number of fused-ring (bicyclic) bond motifs is 1. The molecular weight excluding hydrogens is 406 g/mol. The number of rotatable bonds is 5. The van der Waals surface area contributed by atoms with Gasteiger partial charge in [0.1, 0.15) is 5.69 Å². The minimum Gasteiger partial charge on any atom is -0.376 e. The summed E-state index contributed by atoms with van der Waals surface area (Å²) in [5.74, 6) is -0.0647. The molecule has 1 aromatic carbocycles. The number of piperazine rings is 1. The molecule has 4 heterocycles. The molecule has 4 aliphatic heterocycles. The van der Waals surface area contributed by atoms with E-state index in [4.69, 9.17) is 4.74 Å². The van der Waals surface area contributed by atoms with E-state index in [1.165, 1.54) is 4.68 Å². The summed E-state index contributed by atoms with van der Waals surface area (Å²) in [4.78, 5) is 31.1. The lowest BCUT2D eigenvalue weighted by atomic mass is 10.1. The molecule has 0 saturated carbocycles. The number of amides is 1. The quantitative estimate of drug-likeness (QED) is 0.614. The maximum absolute atomic E-state index is 13.6. The first-order chi connectivity index (χ1) is 15.6. The van der Waals surface area contributed by atoms with Crippen molar-refractivity contribution in [2.75, 3.05) is 39.3 Å². The van der Waals surface area contributed by atoms with Crippen LogP contribution in [0.25, 0.3) is 16.9 Å². The van der Waals surface area contributed by atoms with E-state index >= 15 is 0 Å². The van der Waals surface area contributed by atoms with Crippen LogP contribution in [-0.2, 0) is 11.3 Å². The van der Waals surface area contributed by atoms with Gasteiger partial charge in [-0.15, -0.1) is 0 Å². The average Bonchev–Trinajstić information content (AvgIpc) is 3.47. The third-order valence-electron chi connectivity index (χ3n) is 6.50. The van der Waals surface area contributed by atoms with E-state index in [9.17, 15) is 9.59 Å². The zero-order valence-corrected chi connectivity index (χ0v) is 18.4. The summed E-state index contributed by atoms with van der Waals surface area (Å²) >= 11 is 0. The first-order valence-electron chi connectivity index (χ1n) is 11.5. The van der Waals surface area contributed by atoms with Gasteiger partial charge in [0, 0.05) is 51.7 Å². The molecule has 32 heavy (non-hydrogen) atoms. The van der Waals surface area contributed by atoms with Crippen molar-refractivity contribution in [2.24, 2.45) is 0 Å². The SMILES string of the molecule is CCN1CCN(C(=O)c2cn(C[C@@H]3CCCO3)cc3c(=O)n(-c4ccccc4)nc2-3)CC1. The van der Waals surface area contributed by atoms with E-state index in [1.807, 2.05) is 52.2 Å². The van der Waals surface area contributed by atoms with Crippen molar-refractivity contribution in [1.29, 1.82) is 0 Å². The maximum atomic E-state index is 13.6. The monoisotopic (exact) mass is 435 g/mol. The predicted molar refractivity (Wildman–Crippen MR) is 121 cm³/mol. The fraction of sp³-hybridized carbons (Fsp3) is 0.458. The summed E-state index contributed by atoms with van der Waals surface area (Å²) in [6, 6.07) is 9.34. The molecular formula is C24H29N5O3. The van der Waals surface area contributed by atoms with Crippen molar-refractivity contribution >= 4 is 5.91 Å². The summed E-state index contributed by atoms with van der Waals surface area (Å²) in [6.45, 7) is 7.59. The molecule has 1 amide bonds. The number of aromatic nitrogens is 3. The van der Waals surface area contributed by atoms with Gasteiger partial charge in [-0.1, -0.05) is 25.1 Å². The van der Waals surface area contributed by atoms with E-state index in [0.717, 1.165) is 39.1 Å². The second-order valence-electron chi connectivity index (χ2n) is 8.54. The predicted octanol–water partition coefficient (Wildman–Crippen LogP) is 2.10. The van der Waals surface area contributed by atoms with Gasteiger partial charge in [0.15, 0.2) is 0 Å². The highest BCUT2D eigenvalue weighted by atomic mass is 16.5. The molecule has 0 unspecified atom stereocenters. The third kappa shape index (κ3) is 3.96. The topological polar surface area (TPSA) is 72.6 Å². The van der Waals surface area contributed by atoms with Crippen LogP contribution >= 0.6 is 0 Å². The van der Waals surface area contributed by atoms with Crippen LogP contribution < -0.4 is 5.56 Å². The lowest BCUT2D eigenvalue weighted by Crippen LogP contribution is -2.48. The van der Waals surface area contributed by atoms with Crippen molar-refractivity contribution < 1.29 is 9.53 Å². The Labute approximate surface area is 187 Å². The van der Waals surface area contributed by atoms with Gasteiger partial charge in [-0.05, 0) is 31.5 Å². The molecule has 2 fully saturated rings. The van der Waals surface area contributed by atoms with Gasteiger partial charge in [0.2, 0.25) is 0 Å². The smallest absolute Gasteiger partial charge is 0.282 e. The molecule has 168 valence electrons. The van der Waals surface area contributed by atoms with Gasteiger partial charge < -0.3 is 19.1 Å². The molecule has 5 rings (SSSR count). The number of pyridine rings is 1. The third-order valence-corrected chi connectivity index (χ3v) is 6.50. The van der Waals surface area contributed by atoms with Crippen LogP contribution in [0.2, 0.25) is 0 Å². The van der Waals surface area contributed by atoms with Crippen molar-refractivity contribution in [3.05, 3.63) is 58.6 Å². The number of para-hydroxylation sites is 1. The van der Waals surface area contributed by atoms with Crippen molar-refractivity contribution in [2.45, 2.75) is 32.4 Å². The fourth-order valence-electron chi connectivity index (χ4n) is 4.63. The van der Waals surface area contributed by atoms with E-state index in [-0.39, 0.29) is 17.6 Å². The van der Waals surface area contributed by atoms with Crippen LogP contribution in [0, 0.1) is 0 Å². The highest BCUT2D eigenvalue weighted by molar-refractivity contribution is 6.00. The van der Waals surface area contributed by atoms with Crippen LogP contribution in [0.4, 0.5) is 0 Å². The number of carbonyl (C=O) groups is 1. The van der Waals surface area contributed by atoms with E-state index in [0.29, 0.717) is 42.1 Å². The minimum absolute atomic E-state index is 0.0647. The van der Waals surface area contributed by atoms with Gasteiger partial charge in [-0.25, -0.2) is 0 Å². The van der Waals surface area contributed by atoms with Gasteiger partial charge in [-0.2, -0.15) is 9.78 Å². The largest absolute Gasteiger partial charge is 0.376 e. The highest BCUT2D eigenvalue weighted by Gasteiger charge is 2.29. The van der Waals surface area contributed by atoms with Crippen molar-refractivity contribution in [3.8, 4) is 16.9 Å². The Bertz CT molecular complexity index is 1110. The molecule has 4 aliphatic rings. The Kier molecular flexibility index (Phi) is 5.80. The van der Waals surface area contributed by atoms with Crippen LogP contribution in [-0.4, -0.2) is 75.5 Å². The number of likely N-dealkylation sites (N-methyl/N-ethyl adjacent to an activating group) is 1. The molecule has 1 aromatic rings. The number of carbonyl (C=O) groups excluding carboxylic acids is 1. The molecule has 8 nitrogen and oxygen atoms in total. The summed E-state index contributed by atoms with van der Waals surface area (Å²) in [5, 5.41) is 4.60. The van der Waals surface area contributed by atoms with Crippen LogP contribution in [0.1, 0.15) is 30.1 Å². The lowest BCUT2D eigenvalue weighted by Gasteiger charge is -2.34. The first kappa shape index (κ1) is 20.9. The normalized spacial score (nSPS) is 19.7. The summed E-state index contributed by atoms with van der Waals surface area (Å²) in [5.41, 5.74) is 1.89. The number of hydrogen-bond donors (Lipinski definition) is 0. The van der Waals surface area contributed by atoms with E-state index < -0.39 is 0 Å². The minimum atomic E-state index is -0.210. The second kappa shape index (κ2) is 8.88. The number of ether oxygens (including phenoxy) is 1. The number of benzene rings is 1. The molecule has 0 spiro atoms. The maximum Gasteiger partial charge on any atom is 0.282 e. The number of hydrogen-bond acceptors (Lipinski definition) is 5. The van der Waals surface area contributed by atoms with Crippen LogP contribution in [0.5, 0.6) is 0 Å². The molecule has 0 aromatic heterocycles. The molecule has 0 N–H and O–H groups in total. The summed E-state index contributed by atoms with van der Waals surface area (Å²) in [6.07, 6.45) is 5.80. The molecule has 0 bridgehead atoms. The van der Waals surface area contributed by atoms with Gasteiger partial charge in [0.25, 0.3) is 11.5 Å². The van der Waals surface area contributed by atoms with E-state index in [1.54, 1.807) is 0 Å². The van der Waals surface area contributed by atoms with Crippen LogP contribution in [0.3, 0.4) is 0 Å². The Balaban J connectivity index is 1.56. The van der Waals surface area contributed by atoms with E-state index in [2.05, 4.69) is 16.9 Å². The van der Waals surface area contributed by atoms with Gasteiger partial charge in [-0.3, -0.25) is 9.59 Å². The zero-order chi connectivity index (χ0) is 22.1. The number of nitrogens with zero attached hydrogens (tertiary/aromatic N) is 5. The Hall–Kier alpha value is -2.97. The van der Waals surface area contributed by atoms with Gasteiger partial charge in [0.05, 0.1) is 22.9 Å². The van der Waals surface area contributed by atoms with Crippen LogP contribution in [0.15, 0.2) is 47.5 Å². The Morgan fingerprint density at radius 3 is 2.59 bits per heavy atom. The molecule has 0 radical (unpaired) electrons. The zero-order valence-electron chi connectivity index (χ0n) is 18.4. The standard InChI is InChI=1S/C24H29N5O3/c1-2-26-10-12-28(13-11-26)23(30)20-16-27(15-19-9-6-14-32-19)17-21-22(20)25-29(24(21)31)18-7-4-3-5-8-18/h3-5,7-8,16-17,19H,2,6,9-15H2,1H3/t19-/m0/s1. The molecule has 0 aliphatic carbocycles.